The maximum Gasteiger partial charge on any atom is 0.191 e. The number of aliphatic hydroxyl groups excluding tert-OH is 1. The van der Waals surface area contributed by atoms with E-state index in [0.29, 0.717) is 6.04 Å². The van der Waals surface area contributed by atoms with Crippen LogP contribution in [0, 0.1) is 0 Å². The second-order valence-electron chi connectivity index (χ2n) is 4.00. The van der Waals surface area contributed by atoms with Gasteiger partial charge in [-0.2, -0.15) is 0 Å². The van der Waals surface area contributed by atoms with Gasteiger partial charge in [0.05, 0.1) is 6.10 Å². The zero-order valence-corrected chi connectivity index (χ0v) is 12.5. The van der Waals surface area contributed by atoms with Crippen LogP contribution in [0.3, 0.4) is 0 Å². The molecule has 0 aromatic carbocycles. The maximum absolute atomic E-state index is 9.39. The van der Waals surface area contributed by atoms with E-state index in [4.69, 9.17) is 0 Å². The van der Waals surface area contributed by atoms with Crippen LogP contribution < -0.4 is 10.6 Å². The van der Waals surface area contributed by atoms with Crippen LogP contribution in [0.25, 0.3) is 0 Å². The van der Waals surface area contributed by atoms with E-state index in [2.05, 4.69) is 22.5 Å². The fraction of sp³-hybridized carbons (Fsp3) is 0.909. The summed E-state index contributed by atoms with van der Waals surface area (Å²) < 4.78 is 0. The number of halogens is 1. The molecule has 1 saturated carbocycles. The van der Waals surface area contributed by atoms with Gasteiger partial charge in [0.15, 0.2) is 5.96 Å². The van der Waals surface area contributed by atoms with Crippen LogP contribution in [0.1, 0.15) is 39.5 Å². The molecule has 0 amide bonds. The molecular weight excluding hydrogens is 317 g/mol. The molecule has 0 bridgehead atoms. The Morgan fingerprint density at radius 1 is 1.25 bits per heavy atom. The van der Waals surface area contributed by atoms with Gasteiger partial charge in [0.2, 0.25) is 0 Å². The van der Waals surface area contributed by atoms with Crippen molar-refractivity contribution in [1.82, 2.24) is 10.6 Å². The van der Waals surface area contributed by atoms with E-state index in [1.165, 1.54) is 0 Å². The standard InChI is InChI=1S/C11H23N3O.HI/c1-3-12-11(13-4-2)14-9-5-7-10(15)8-6-9;/h9-10,15H,3-8H2,1-2H3,(H2,12,13,14);1H. The van der Waals surface area contributed by atoms with Crippen molar-refractivity contribution in [2.75, 3.05) is 13.1 Å². The summed E-state index contributed by atoms with van der Waals surface area (Å²) in [6, 6.07) is 0.470. The average molecular weight is 341 g/mol. The molecule has 0 atom stereocenters. The SMILES string of the molecule is CCN=C(NCC)NC1CCC(O)CC1.I. The van der Waals surface area contributed by atoms with Gasteiger partial charge in [0, 0.05) is 19.1 Å². The molecule has 0 aromatic rings. The first kappa shape index (κ1) is 16.0. The van der Waals surface area contributed by atoms with Gasteiger partial charge in [-0.05, 0) is 39.5 Å². The predicted molar refractivity (Wildman–Crippen MR) is 78.5 cm³/mol. The number of rotatable bonds is 3. The van der Waals surface area contributed by atoms with Crippen molar-refractivity contribution in [3.63, 3.8) is 0 Å². The number of guanidine groups is 1. The molecule has 0 aromatic heterocycles. The lowest BCUT2D eigenvalue weighted by molar-refractivity contribution is 0.120. The Morgan fingerprint density at radius 3 is 2.38 bits per heavy atom. The summed E-state index contributed by atoms with van der Waals surface area (Å²) in [6.45, 7) is 5.78. The Hall–Kier alpha value is -0.0400. The number of aliphatic imine (C=N–C) groups is 1. The summed E-state index contributed by atoms with van der Waals surface area (Å²) in [5.41, 5.74) is 0. The summed E-state index contributed by atoms with van der Waals surface area (Å²) in [5.74, 6) is 0.904. The molecule has 1 aliphatic carbocycles. The lowest BCUT2D eigenvalue weighted by Gasteiger charge is -2.27. The smallest absolute Gasteiger partial charge is 0.191 e. The molecule has 0 unspecified atom stereocenters. The summed E-state index contributed by atoms with van der Waals surface area (Å²) in [6.07, 6.45) is 3.80. The summed E-state index contributed by atoms with van der Waals surface area (Å²) >= 11 is 0. The van der Waals surface area contributed by atoms with Crippen molar-refractivity contribution in [3.05, 3.63) is 0 Å². The van der Waals surface area contributed by atoms with Gasteiger partial charge in [-0.3, -0.25) is 4.99 Å². The van der Waals surface area contributed by atoms with Gasteiger partial charge in [-0.15, -0.1) is 24.0 Å². The van der Waals surface area contributed by atoms with Gasteiger partial charge < -0.3 is 15.7 Å². The number of nitrogens with one attached hydrogen (secondary N) is 2. The highest BCUT2D eigenvalue weighted by Gasteiger charge is 2.19. The second kappa shape index (κ2) is 9.04. The van der Waals surface area contributed by atoms with Gasteiger partial charge in [-0.25, -0.2) is 0 Å². The van der Waals surface area contributed by atoms with Gasteiger partial charge >= 0.3 is 0 Å². The molecule has 0 aliphatic heterocycles. The van der Waals surface area contributed by atoms with E-state index in [9.17, 15) is 5.11 Å². The first-order chi connectivity index (χ1) is 7.26. The molecule has 1 fully saturated rings. The monoisotopic (exact) mass is 341 g/mol. The molecule has 0 spiro atoms. The molecular formula is C11H24IN3O. The molecule has 3 N–H and O–H groups in total. The van der Waals surface area contributed by atoms with Gasteiger partial charge in [0.25, 0.3) is 0 Å². The first-order valence-corrected chi connectivity index (χ1v) is 5.99. The first-order valence-electron chi connectivity index (χ1n) is 5.99. The fourth-order valence-electron chi connectivity index (χ4n) is 1.89. The Labute approximate surface area is 115 Å². The highest BCUT2D eigenvalue weighted by atomic mass is 127. The molecule has 0 radical (unpaired) electrons. The number of hydrogen-bond acceptors (Lipinski definition) is 2. The molecule has 5 heteroatoms. The highest BCUT2D eigenvalue weighted by molar-refractivity contribution is 14.0. The van der Waals surface area contributed by atoms with Crippen molar-refractivity contribution in [1.29, 1.82) is 0 Å². The summed E-state index contributed by atoms with van der Waals surface area (Å²) in [5, 5.41) is 16.0. The van der Waals surface area contributed by atoms with Gasteiger partial charge in [0.1, 0.15) is 0 Å². The van der Waals surface area contributed by atoms with E-state index < -0.39 is 0 Å². The van der Waals surface area contributed by atoms with E-state index in [1.807, 2.05) is 6.92 Å². The van der Waals surface area contributed by atoms with Crippen LogP contribution in [0.4, 0.5) is 0 Å². The molecule has 0 heterocycles. The Kier molecular flexibility index (Phi) is 9.02. The van der Waals surface area contributed by atoms with Crippen LogP contribution in [0.15, 0.2) is 4.99 Å². The van der Waals surface area contributed by atoms with Crippen LogP contribution in [0.5, 0.6) is 0 Å². The van der Waals surface area contributed by atoms with Crippen molar-refractivity contribution in [2.45, 2.75) is 51.7 Å². The lowest BCUT2D eigenvalue weighted by Crippen LogP contribution is -2.45. The Balaban J connectivity index is 0.00000225. The molecule has 96 valence electrons. The normalized spacial score (nSPS) is 25.8. The quantitative estimate of drug-likeness (QED) is 0.414. The predicted octanol–water partition coefficient (Wildman–Crippen LogP) is 1.48. The molecule has 0 saturated heterocycles. The number of aliphatic hydroxyl groups is 1. The number of nitrogens with zero attached hydrogens (tertiary/aromatic N) is 1. The van der Waals surface area contributed by atoms with Crippen molar-refractivity contribution >= 4 is 29.9 Å². The van der Waals surface area contributed by atoms with Crippen molar-refractivity contribution < 1.29 is 5.11 Å². The average Bonchev–Trinajstić information content (AvgIpc) is 2.22. The minimum atomic E-state index is -0.0891. The van der Waals surface area contributed by atoms with Crippen LogP contribution in [-0.2, 0) is 0 Å². The molecule has 1 rings (SSSR count). The minimum absolute atomic E-state index is 0. The van der Waals surface area contributed by atoms with Crippen LogP contribution >= 0.6 is 24.0 Å². The molecule has 1 aliphatic rings. The van der Waals surface area contributed by atoms with Gasteiger partial charge in [-0.1, -0.05) is 0 Å². The minimum Gasteiger partial charge on any atom is -0.393 e. The highest BCUT2D eigenvalue weighted by Crippen LogP contribution is 2.17. The van der Waals surface area contributed by atoms with E-state index in [0.717, 1.165) is 44.7 Å². The third-order valence-corrected chi connectivity index (χ3v) is 2.70. The zero-order chi connectivity index (χ0) is 11.1. The lowest BCUT2D eigenvalue weighted by atomic mass is 9.93. The fourth-order valence-corrected chi connectivity index (χ4v) is 1.89. The van der Waals surface area contributed by atoms with Crippen LogP contribution in [-0.4, -0.2) is 36.3 Å². The summed E-state index contributed by atoms with van der Waals surface area (Å²) in [7, 11) is 0. The van der Waals surface area contributed by atoms with E-state index >= 15 is 0 Å². The third-order valence-electron chi connectivity index (χ3n) is 2.70. The zero-order valence-electron chi connectivity index (χ0n) is 10.2. The van der Waals surface area contributed by atoms with Crippen LogP contribution in [0.2, 0.25) is 0 Å². The van der Waals surface area contributed by atoms with Crippen molar-refractivity contribution in [2.24, 2.45) is 4.99 Å². The maximum atomic E-state index is 9.39. The largest absolute Gasteiger partial charge is 0.393 e. The van der Waals surface area contributed by atoms with Crippen molar-refractivity contribution in [3.8, 4) is 0 Å². The Morgan fingerprint density at radius 2 is 1.88 bits per heavy atom. The van der Waals surface area contributed by atoms with E-state index in [-0.39, 0.29) is 30.1 Å². The number of hydrogen-bond donors (Lipinski definition) is 3. The van der Waals surface area contributed by atoms with E-state index in [1.54, 1.807) is 0 Å². The Bertz CT molecular complexity index is 203. The molecule has 4 nitrogen and oxygen atoms in total. The molecule has 16 heavy (non-hydrogen) atoms. The summed E-state index contributed by atoms with van der Waals surface area (Å²) in [4.78, 5) is 4.36. The second-order valence-corrected chi connectivity index (χ2v) is 4.00. The third kappa shape index (κ3) is 5.89. The topological polar surface area (TPSA) is 56.7 Å².